The molecular formula is C20H17BrN2O5S. The van der Waals surface area contributed by atoms with Gasteiger partial charge in [-0.15, -0.1) is 10.2 Å². The van der Waals surface area contributed by atoms with Crippen molar-refractivity contribution in [3.8, 4) is 11.5 Å². The minimum Gasteiger partial charge on any atom is -0.493 e. The summed E-state index contributed by atoms with van der Waals surface area (Å²) in [5.41, 5.74) is 1.63. The first-order valence-corrected chi connectivity index (χ1v) is 10.0. The molecule has 0 saturated heterocycles. The molecule has 7 nitrogen and oxygen atoms in total. The van der Waals surface area contributed by atoms with Gasteiger partial charge >= 0.3 is 5.97 Å². The molecule has 0 aliphatic heterocycles. The normalized spacial score (nSPS) is 11.3. The van der Waals surface area contributed by atoms with Crippen LogP contribution in [0.15, 0.2) is 61.5 Å². The zero-order valence-electron chi connectivity index (χ0n) is 15.6. The summed E-state index contributed by atoms with van der Waals surface area (Å²) in [5.74, 6) is 0.275. The number of methoxy groups -OCH3 is 1. The molecule has 1 N–H and O–H groups in total. The zero-order chi connectivity index (χ0) is 20.8. The first-order chi connectivity index (χ1) is 14.0. The topological polar surface area (TPSA) is 94.7 Å². The average Bonchev–Trinajstić information content (AvgIpc) is 3.12. The monoisotopic (exact) mass is 476 g/mol. The smallest absolute Gasteiger partial charge is 0.342 e. The lowest BCUT2D eigenvalue weighted by atomic mass is 10.2. The molecule has 0 fully saturated rings. The first kappa shape index (κ1) is 20.9. The Morgan fingerprint density at radius 3 is 2.62 bits per heavy atom. The fourth-order valence-electron chi connectivity index (χ4n) is 2.36. The Bertz CT molecular complexity index is 1040. The summed E-state index contributed by atoms with van der Waals surface area (Å²) < 4.78 is 17.2. The van der Waals surface area contributed by atoms with Crippen molar-refractivity contribution in [3.05, 3.63) is 68.9 Å². The van der Waals surface area contributed by atoms with Crippen LogP contribution in [0.2, 0.25) is 0 Å². The van der Waals surface area contributed by atoms with E-state index in [9.17, 15) is 9.90 Å². The van der Waals surface area contributed by atoms with E-state index in [0.29, 0.717) is 34.0 Å². The van der Waals surface area contributed by atoms with Crippen molar-refractivity contribution in [2.24, 2.45) is 0 Å². The van der Waals surface area contributed by atoms with E-state index >= 15 is 0 Å². The van der Waals surface area contributed by atoms with Gasteiger partial charge in [-0.3, -0.25) is 0 Å². The second-order valence-corrected chi connectivity index (χ2v) is 7.65. The number of thioether (sulfide) groups is 1. The van der Waals surface area contributed by atoms with Crippen molar-refractivity contribution in [3.63, 3.8) is 0 Å². The third-order valence-electron chi connectivity index (χ3n) is 3.72. The number of rotatable bonds is 8. The van der Waals surface area contributed by atoms with Gasteiger partial charge in [0.2, 0.25) is 5.89 Å². The highest BCUT2D eigenvalue weighted by Gasteiger charge is 2.16. The van der Waals surface area contributed by atoms with E-state index in [1.807, 2.05) is 30.3 Å². The maximum atomic E-state index is 11.7. The molecule has 1 heterocycles. The largest absolute Gasteiger partial charge is 0.493 e. The summed E-state index contributed by atoms with van der Waals surface area (Å²) in [7, 11) is 1.53. The molecule has 0 aliphatic carbocycles. The Hall–Kier alpha value is -2.78. The highest BCUT2D eigenvalue weighted by molar-refractivity contribution is 9.10. The number of hydrogen-bond donors (Lipinski definition) is 1. The number of aromatic nitrogens is 2. The van der Waals surface area contributed by atoms with Crippen LogP contribution in [0.4, 0.5) is 0 Å². The lowest BCUT2D eigenvalue weighted by Crippen LogP contribution is -1.99. The Balaban J connectivity index is 1.86. The number of nitrogens with zero attached hydrogens (tertiary/aromatic N) is 2. The molecule has 9 heteroatoms. The molecule has 1 aromatic heterocycles. The number of halogens is 1. The third-order valence-corrected chi connectivity index (χ3v) is 5.26. The van der Waals surface area contributed by atoms with Gasteiger partial charge in [-0.2, -0.15) is 0 Å². The van der Waals surface area contributed by atoms with E-state index < -0.39 is 5.97 Å². The van der Waals surface area contributed by atoms with Gasteiger partial charge < -0.3 is 19.0 Å². The van der Waals surface area contributed by atoms with Crippen molar-refractivity contribution >= 4 is 39.7 Å². The van der Waals surface area contributed by atoms with E-state index in [0.717, 1.165) is 17.3 Å². The molecule has 29 heavy (non-hydrogen) atoms. The molecule has 0 atom stereocenters. The average molecular weight is 477 g/mol. The number of hydrogen-bond acceptors (Lipinski definition) is 7. The summed E-state index contributed by atoms with van der Waals surface area (Å²) in [5, 5.41) is 17.2. The highest BCUT2D eigenvalue weighted by atomic mass is 79.9. The molecule has 3 aromatic rings. The van der Waals surface area contributed by atoms with Crippen LogP contribution in [-0.2, 0) is 11.4 Å². The van der Waals surface area contributed by atoms with Gasteiger partial charge in [-0.25, -0.2) is 4.79 Å². The maximum Gasteiger partial charge on any atom is 0.342 e. The number of carboxylic acid groups (broad SMARTS) is 1. The molecule has 0 radical (unpaired) electrons. The fourth-order valence-corrected chi connectivity index (χ4v) is 3.50. The van der Waals surface area contributed by atoms with Crippen molar-refractivity contribution in [2.75, 3.05) is 7.11 Å². The molecule has 0 bridgehead atoms. The van der Waals surface area contributed by atoms with Crippen LogP contribution >= 0.6 is 27.7 Å². The van der Waals surface area contributed by atoms with Crippen LogP contribution in [-0.4, -0.2) is 28.4 Å². The van der Waals surface area contributed by atoms with Gasteiger partial charge in [-0.1, -0.05) is 46.3 Å². The van der Waals surface area contributed by atoms with Crippen LogP contribution in [0.3, 0.4) is 0 Å². The standard InChI is InChI=1S/C20H17BrN2O5S/c1-12-22-23-20(28-12)29-18(19(24)25)9-14-8-16(26-2)17(10-15(14)21)27-11-13-6-4-3-5-7-13/h3-10H,11H2,1-2H3,(H,24,25)/b18-9-. The minimum absolute atomic E-state index is 0.0226. The molecule has 150 valence electrons. The van der Waals surface area contributed by atoms with Gasteiger partial charge in [0.1, 0.15) is 11.5 Å². The quantitative estimate of drug-likeness (QED) is 0.360. The van der Waals surface area contributed by atoms with Crippen molar-refractivity contribution in [1.82, 2.24) is 10.2 Å². The number of carboxylic acids is 1. The van der Waals surface area contributed by atoms with Crippen LogP contribution in [0, 0.1) is 6.92 Å². The predicted molar refractivity (Wildman–Crippen MR) is 112 cm³/mol. The maximum absolute atomic E-state index is 11.7. The molecule has 2 aromatic carbocycles. The molecule has 0 aliphatic rings. The molecular weight excluding hydrogens is 460 g/mol. The van der Waals surface area contributed by atoms with Crippen LogP contribution in [0.1, 0.15) is 17.0 Å². The molecule has 0 unspecified atom stereocenters. The van der Waals surface area contributed by atoms with Crippen LogP contribution < -0.4 is 9.47 Å². The van der Waals surface area contributed by atoms with Crippen molar-refractivity contribution < 1.29 is 23.8 Å². The number of aliphatic carboxylic acids is 1. The molecule has 0 amide bonds. The summed E-state index contributed by atoms with van der Waals surface area (Å²) in [6, 6.07) is 13.2. The van der Waals surface area contributed by atoms with Crippen LogP contribution in [0.5, 0.6) is 11.5 Å². The van der Waals surface area contributed by atoms with Gasteiger partial charge in [0.15, 0.2) is 11.5 Å². The molecule has 0 spiro atoms. The Morgan fingerprint density at radius 2 is 2.00 bits per heavy atom. The van der Waals surface area contributed by atoms with Gasteiger partial charge in [-0.05, 0) is 41.1 Å². The first-order valence-electron chi connectivity index (χ1n) is 8.43. The van der Waals surface area contributed by atoms with E-state index in [1.165, 1.54) is 13.2 Å². The number of ether oxygens (including phenoxy) is 2. The zero-order valence-corrected chi connectivity index (χ0v) is 18.0. The second-order valence-electron chi connectivity index (χ2n) is 5.80. The SMILES string of the molecule is COc1cc(/C=C(\Sc2nnc(C)o2)C(=O)O)c(Br)cc1OCc1ccccc1. The van der Waals surface area contributed by atoms with Crippen molar-refractivity contribution in [1.29, 1.82) is 0 Å². The highest BCUT2D eigenvalue weighted by Crippen LogP contribution is 2.37. The number of aryl methyl sites for hydroxylation is 1. The molecule has 0 saturated carbocycles. The fraction of sp³-hybridized carbons (Fsp3) is 0.150. The second kappa shape index (κ2) is 9.62. The lowest BCUT2D eigenvalue weighted by molar-refractivity contribution is -0.131. The van der Waals surface area contributed by atoms with Gasteiger partial charge in [0, 0.05) is 11.4 Å². The third kappa shape index (κ3) is 5.61. The number of benzene rings is 2. The Labute approximate surface area is 179 Å². The summed E-state index contributed by atoms with van der Waals surface area (Å²) >= 11 is 4.34. The van der Waals surface area contributed by atoms with E-state index in [-0.39, 0.29) is 10.1 Å². The summed E-state index contributed by atoms with van der Waals surface area (Å²) in [6.07, 6.45) is 1.50. The summed E-state index contributed by atoms with van der Waals surface area (Å²) in [6.45, 7) is 2.02. The van der Waals surface area contributed by atoms with Gasteiger partial charge in [0.25, 0.3) is 5.22 Å². The lowest BCUT2D eigenvalue weighted by Gasteiger charge is -2.13. The summed E-state index contributed by atoms with van der Waals surface area (Å²) in [4.78, 5) is 11.7. The van der Waals surface area contributed by atoms with E-state index in [1.54, 1.807) is 19.1 Å². The van der Waals surface area contributed by atoms with Gasteiger partial charge in [0.05, 0.1) is 7.11 Å². The van der Waals surface area contributed by atoms with E-state index in [2.05, 4.69) is 26.1 Å². The Morgan fingerprint density at radius 1 is 1.24 bits per heavy atom. The van der Waals surface area contributed by atoms with Crippen LogP contribution in [0.25, 0.3) is 6.08 Å². The predicted octanol–water partition coefficient (Wildman–Crippen LogP) is 4.95. The number of carbonyl (C=O) groups is 1. The van der Waals surface area contributed by atoms with Crippen molar-refractivity contribution in [2.45, 2.75) is 18.8 Å². The Kier molecular flexibility index (Phi) is 6.95. The minimum atomic E-state index is -1.11. The van der Waals surface area contributed by atoms with E-state index in [4.69, 9.17) is 13.9 Å². The molecule has 3 rings (SSSR count).